The van der Waals surface area contributed by atoms with Gasteiger partial charge in [-0.3, -0.25) is 0 Å². The van der Waals surface area contributed by atoms with Gasteiger partial charge in [-0.15, -0.1) is 0 Å². The lowest BCUT2D eigenvalue weighted by atomic mass is 10.1. The molecule has 0 radical (unpaired) electrons. The van der Waals surface area contributed by atoms with E-state index in [1.54, 1.807) is 0 Å². The summed E-state index contributed by atoms with van der Waals surface area (Å²) in [5, 5.41) is 0. The highest BCUT2D eigenvalue weighted by molar-refractivity contribution is 4.87. The fraction of sp³-hybridized carbons (Fsp3) is 1.00. The lowest BCUT2D eigenvalue weighted by molar-refractivity contribution is 0.170. The highest BCUT2D eigenvalue weighted by Gasteiger charge is 2.32. The summed E-state index contributed by atoms with van der Waals surface area (Å²) >= 11 is 0. The molecule has 66 valence electrons. The van der Waals surface area contributed by atoms with Crippen LogP contribution < -0.4 is 0 Å². The minimum atomic E-state index is 0.709. The molecule has 0 aromatic carbocycles. The van der Waals surface area contributed by atoms with Gasteiger partial charge in [0.25, 0.3) is 0 Å². The molecule has 0 saturated heterocycles. The Labute approximate surface area is 70.8 Å². The van der Waals surface area contributed by atoms with Crippen molar-refractivity contribution in [1.82, 2.24) is 4.90 Å². The van der Waals surface area contributed by atoms with Crippen LogP contribution in [0.25, 0.3) is 0 Å². The third-order valence-corrected chi connectivity index (χ3v) is 2.92. The van der Waals surface area contributed by atoms with E-state index in [2.05, 4.69) is 32.7 Å². The Morgan fingerprint density at radius 3 is 2.18 bits per heavy atom. The number of nitrogens with zero attached hydrogens (tertiary/aromatic N) is 1. The molecule has 1 saturated carbocycles. The van der Waals surface area contributed by atoms with E-state index < -0.39 is 0 Å². The first kappa shape index (κ1) is 9.05. The van der Waals surface area contributed by atoms with Gasteiger partial charge in [0.15, 0.2) is 0 Å². The first-order valence-electron chi connectivity index (χ1n) is 4.88. The van der Waals surface area contributed by atoms with Gasteiger partial charge >= 0.3 is 0 Å². The Morgan fingerprint density at radius 1 is 1.36 bits per heavy atom. The molecular weight excluding hydrogens is 134 g/mol. The normalized spacial score (nSPS) is 21.3. The molecule has 1 rings (SSSR count). The molecule has 1 atom stereocenters. The monoisotopic (exact) mass is 155 g/mol. The lowest BCUT2D eigenvalue weighted by Gasteiger charge is -2.30. The van der Waals surface area contributed by atoms with E-state index in [-0.39, 0.29) is 0 Å². The summed E-state index contributed by atoms with van der Waals surface area (Å²) in [6.45, 7) is 6.87. The standard InChI is InChI=1S/C10H21N/c1-5-10(9-6-7-9)11(4)8(2)3/h8-10H,5-7H2,1-4H3/t10-/m0/s1. The Morgan fingerprint density at radius 2 is 1.91 bits per heavy atom. The van der Waals surface area contributed by atoms with Gasteiger partial charge in [0.05, 0.1) is 0 Å². The van der Waals surface area contributed by atoms with Crippen LogP contribution >= 0.6 is 0 Å². The van der Waals surface area contributed by atoms with Crippen LogP contribution in [0.15, 0.2) is 0 Å². The fourth-order valence-corrected chi connectivity index (χ4v) is 1.82. The van der Waals surface area contributed by atoms with Crippen LogP contribution in [0.5, 0.6) is 0 Å². The second-order valence-electron chi connectivity index (χ2n) is 4.07. The molecule has 1 aliphatic rings. The Kier molecular flexibility index (Phi) is 2.94. The zero-order valence-electron chi connectivity index (χ0n) is 8.30. The summed E-state index contributed by atoms with van der Waals surface area (Å²) < 4.78 is 0. The molecule has 11 heavy (non-hydrogen) atoms. The first-order chi connectivity index (χ1) is 5.16. The molecule has 1 fully saturated rings. The van der Waals surface area contributed by atoms with Gasteiger partial charge in [0.1, 0.15) is 0 Å². The Balaban J connectivity index is 2.39. The zero-order chi connectivity index (χ0) is 8.43. The van der Waals surface area contributed by atoms with Crippen molar-refractivity contribution in [3.05, 3.63) is 0 Å². The van der Waals surface area contributed by atoms with Crippen LogP contribution in [-0.2, 0) is 0 Å². The van der Waals surface area contributed by atoms with Gasteiger partial charge in [-0.1, -0.05) is 6.92 Å². The van der Waals surface area contributed by atoms with Gasteiger partial charge in [0, 0.05) is 12.1 Å². The highest BCUT2D eigenvalue weighted by atomic mass is 15.2. The van der Waals surface area contributed by atoms with Crippen molar-refractivity contribution < 1.29 is 0 Å². The molecule has 1 nitrogen and oxygen atoms in total. The molecular formula is C10H21N. The average Bonchev–Trinajstić information content (AvgIpc) is 2.72. The zero-order valence-corrected chi connectivity index (χ0v) is 8.30. The van der Waals surface area contributed by atoms with Gasteiger partial charge < -0.3 is 4.90 Å². The van der Waals surface area contributed by atoms with E-state index in [1.165, 1.54) is 19.3 Å². The van der Waals surface area contributed by atoms with Crippen molar-refractivity contribution in [2.75, 3.05) is 7.05 Å². The first-order valence-corrected chi connectivity index (χ1v) is 4.88. The third-order valence-electron chi connectivity index (χ3n) is 2.92. The molecule has 0 unspecified atom stereocenters. The van der Waals surface area contributed by atoms with Crippen molar-refractivity contribution >= 4 is 0 Å². The maximum absolute atomic E-state index is 2.53. The third kappa shape index (κ3) is 2.19. The van der Waals surface area contributed by atoms with Gasteiger partial charge in [-0.2, -0.15) is 0 Å². The van der Waals surface area contributed by atoms with Gasteiger partial charge in [-0.25, -0.2) is 0 Å². The average molecular weight is 155 g/mol. The minimum Gasteiger partial charge on any atom is -0.301 e. The molecule has 1 aliphatic carbocycles. The Bertz CT molecular complexity index is 116. The van der Waals surface area contributed by atoms with Crippen molar-refractivity contribution in [3.63, 3.8) is 0 Å². The van der Waals surface area contributed by atoms with Gasteiger partial charge in [-0.05, 0) is 46.1 Å². The summed E-state index contributed by atoms with van der Waals surface area (Å²) in [5.74, 6) is 1.02. The quantitative estimate of drug-likeness (QED) is 0.603. The topological polar surface area (TPSA) is 3.24 Å². The summed E-state index contributed by atoms with van der Waals surface area (Å²) in [7, 11) is 2.26. The largest absolute Gasteiger partial charge is 0.301 e. The molecule has 0 heterocycles. The number of hydrogen-bond acceptors (Lipinski definition) is 1. The van der Waals surface area contributed by atoms with Crippen molar-refractivity contribution in [2.24, 2.45) is 5.92 Å². The molecule has 0 amide bonds. The maximum atomic E-state index is 2.53. The molecule has 0 bridgehead atoms. The van der Waals surface area contributed by atoms with Crippen molar-refractivity contribution in [1.29, 1.82) is 0 Å². The summed E-state index contributed by atoms with van der Waals surface area (Å²) in [4.78, 5) is 2.53. The van der Waals surface area contributed by atoms with E-state index in [0.29, 0.717) is 6.04 Å². The molecule has 1 heteroatoms. The SMILES string of the molecule is CC[C@@H](C1CC1)N(C)C(C)C. The van der Waals surface area contributed by atoms with Gasteiger partial charge in [0.2, 0.25) is 0 Å². The second-order valence-corrected chi connectivity index (χ2v) is 4.07. The van der Waals surface area contributed by atoms with E-state index in [1.807, 2.05) is 0 Å². The van der Waals surface area contributed by atoms with E-state index >= 15 is 0 Å². The smallest absolute Gasteiger partial charge is 0.0120 e. The van der Waals surface area contributed by atoms with Crippen LogP contribution in [-0.4, -0.2) is 24.0 Å². The van der Waals surface area contributed by atoms with Crippen LogP contribution in [0.1, 0.15) is 40.0 Å². The lowest BCUT2D eigenvalue weighted by Crippen LogP contribution is -2.38. The summed E-state index contributed by atoms with van der Waals surface area (Å²) in [6.07, 6.45) is 4.25. The molecule has 0 spiro atoms. The summed E-state index contributed by atoms with van der Waals surface area (Å²) in [5.41, 5.74) is 0. The second kappa shape index (κ2) is 3.57. The number of rotatable bonds is 4. The molecule has 0 aromatic heterocycles. The van der Waals surface area contributed by atoms with E-state index in [0.717, 1.165) is 12.0 Å². The molecule has 0 aliphatic heterocycles. The fourth-order valence-electron chi connectivity index (χ4n) is 1.82. The van der Waals surface area contributed by atoms with Crippen LogP contribution in [0.4, 0.5) is 0 Å². The van der Waals surface area contributed by atoms with Crippen LogP contribution in [0.2, 0.25) is 0 Å². The van der Waals surface area contributed by atoms with Crippen LogP contribution in [0.3, 0.4) is 0 Å². The van der Waals surface area contributed by atoms with Crippen molar-refractivity contribution in [3.8, 4) is 0 Å². The predicted octanol–water partition coefficient (Wildman–Crippen LogP) is 2.52. The maximum Gasteiger partial charge on any atom is 0.0120 e. The van der Waals surface area contributed by atoms with E-state index in [4.69, 9.17) is 0 Å². The minimum absolute atomic E-state index is 0.709. The van der Waals surface area contributed by atoms with E-state index in [9.17, 15) is 0 Å². The Hall–Kier alpha value is -0.0400. The number of hydrogen-bond donors (Lipinski definition) is 0. The van der Waals surface area contributed by atoms with Crippen molar-refractivity contribution in [2.45, 2.75) is 52.1 Å². The molecule has 0 N–H and O–H groups in total. The van der Waals surface area contributed by atoms with Crippen LogP contribution in [0, 0.1) is 5.92 Å². The summed E-state index contributed by atoms with van der Waals surface area (Å²) in [6, 6.07) is 1.57. The predicted molar refractivity (Wildman–Crippen MR) is 49.7 cm³/mol. The molecule has 0 aromatic rings. The highest BCUT2D eigenvalue weighted by Crippen LogP contribution is 2.36.